The Labute approximate surface area is 154 Å². The van der Waals surface area contributed by atoms with Gasteiger partial charge in [-0.05, 0) is 25.5 Å². The van der Waals surface area contributed by atoms with E-state index in [1.165, 1.54) is 17.0 Å². The predicted octanol–water partition coefficient (Wildman–Crippen LogP) is 0.737. The molecule has 2 aromatic rings. The van der Waals surface area contributed by atoms with E-state index in [4.69, 9.17) is 4.74 Å². The van der Waals surface area contributed by atoms with E-state index in [1.807, 2.05) is 6.92 Å². The SMILES string of the molecule is CC1OCCC1c1cnnn1C1=C2N(C)C(=O)c3cc(F)ccc3[NH+]2C=N1. The summed E-state index contributed by atoms with van der Waals surface area (Å²) in [5.41, 5.74) is 1.92. The molecule has 0 spiro atoms. The van der Waals surface area contributed by atoms with E-state index in [-0.39, 0.29) is 17.9 Å². The summed E-state index contributed by atoms with van der Waals surface area (Å²) < 4.78 is 21.0. The van der Waals surface area contributed by atoms with Gasteiger partial charge >= 0.3 is 0 Å². The number of carbonyl (C=O) groups excluding carboxylic acids is 1. The number of aliphatic imine (C=N–C) groups is 1. The summed E-state index contributed by atoms with van der Waals surface area (Å²) in [6.45, 7) is 2.73. The number of aromatic nitrogens is 3. The van der Waals surface area contributed by atoms with E-state index < -0.39 is 5.82 Å². The van der Waals surface area contributed by atoms with Gasteiger partial charge in [-0.25, -0.2) is 9.29 Å². The van der Waals surface area contributed by atoms with Crippen LogP contribution in [0.3, 0.4) is 0 Å². The van der Waals surface area contributed by atoms with Gasteiger partial charge in [0, 0.05) is 25.6 Å². The number of hydrogen-bond donors (Lipinski definition) is 1. The first kappa shape index (κ1) is 16.3. The number of amides is 1. The largest absolute Gasteiger partial charge is 0.378 e. The Morgan fingerprint density at radius 2 is 2.22 bits per heavy atom. The molecule has 1 saturated heterocycles. The van der Waals surface area contributed by atoms with Crippen molar-refractivity contribution in [2.24, 2.45) is 4.99 Å². The van der Waals surface area contributed by atoms with Crippen molar-refractivity contribution in [1.82, 2.24) is 19.9 Å². The minimum Gasteiger partial charge on any atom is -0.378 e. The van der Waals surface area contributed by atoms with Gasteiger partial charge in [0.15, 0.2) is 5.69 Å². The number of ether oxygens (including phenoxy) is 1. The number of rotatable bonds is 2. The second-order valence-corrected chi connectivity index (χ2v) is 6.94. The first-order valence-corrected chi connectivity index (χ1v) is 8.82. The van der Waals surface area contributed by atoms with Gasteiger partial charge in [-0.2, -0.15) is 9.67 Å². The number of benzene rings is 1. The fraction of sp³-hybridized carbons (Fsp3) is 0.333. The van der Waals surface area contributed by atoms with Crippen LogP contribution >= 0.6 is 0 Å². The molecule has 27 heavy (non-hydrogen) atoms. The Morgan fingerprint density at radius 3 is 3.00 bits per heavy atom. The highest BCUT2D eigenvalue weighted by atomic mass is 19.1. The minimum absolute atomic E-state index is 0.0658. The third-order valence-corrected chi connectivity index (χ3v) is 5.46. The van der Waals surface area contributed by atoms with E-state index in [9.17, 15) is 9.18 Å². The van der Waals surface area contributed by atoms with Gasteiger partial charge in [0.25, 0.3) is 11.7 Å². The number of hydrogen-bond acceptors (Lipinski definition) is 5. The van der Waals surface area contributed by atoms with Crippen LogP contribution in [0.15, 0.2) is 35.2 Å². The molecule has 1 fully saturated rings. The number of halogens is 1. The fourth-order valence-corrected chi connectivity index (χ4v) is 4.04. The molecule has 3 aliphatic heterocycles. The van der Waals surface area contributed by atoms with Crippen LogP contribution in [0.25, 0.3) is 5.82 Å². The zero-order valence-electron chi connectivity index (χ0n) is 14.9. The zero-order chi connectivity index (χ0) is 18.7. The van der Waals surface area contributed by atoms with Crippen LogP contribution in [-0.2, 0) is 4.74 Å². The molecule has 1 N–H and O–H groups in total. The lowest BCUT2D eigenvalue weighted by Crippen LogP contribution is -3.06. The monoisotopic (exact) mass is 369 g/mol. The molecule has 0 bridgehead atoms. The lowest BCUT2D eigenvalue weighted by molar-refractivity contribution is -0.685. The molecule has 3 unspecified atom stereocenters. The molecule has 0 radical (unpaired) electrons. The van der Waals surface area contributed by atoms with Crippen molar-refractivity contribution in [1.29, 1.82) is 0 Å². The summed E-state index contributed by atoms with van der Waals surface area (Å²) in [5, 5.41) is 8.30. The van der Waals surface area contributed by atoms with Crippen LogP contribution in [0.5, 0.6) is 0 Å². The highest BCUT2D eigenvalue weighted by molar-refractivity contribution is 6.01. The maximum atomic E-state index is 13.6. The van der Waals surface area contributed by atoms with Crippen LogP contribution in [0, 0.1) is 5.82 Å². The zero-order valence-corrected chi connectivity index (χ0v) is 14.9. The maximum absolute atomic E-state index is 13.6. The second kappa shape index (κ2) is 5.80. The van der Waals surface area contributed by atoms with E-state index in [0.29, 0.717) is 29.5 Å². The molecule has 1 amide bonds. The van der Waals surface area contributed by atoms with Crippen LogP contribution < -0.4 is 4.90 Å². The smallest absolute Gasteiger partial charge is 0.268 e. The molecule has 1 aromatic heterocycles. The molecule has 5 rings (SSSR count). The van der Waals surface area contributed by atoms with Gasteiger partial charge in [0.05, 0.1) is 18.0 Å². The lowest BCUT2D eigenvalue weighted by atomic mass is 9.99. The van der Waals surface area contributed by atoms with E-state index in [0.717, 1.165) is 17.0 Å². The van der Waals surface area contributed by atoms with Crippen molar-refractivity contribution in [2.75, 3.05) is 13.7 Å². The number of fused-ring (bicyclic) bond motifs is 3. The number of quaternary nitrogens is 1. The molecule has 3 atom stereocenters. The van der Waals surface area contributed by atoms with Crippen LogP contribution in [-0.4, -0.2) is 51.9 Å². The van der Waals surface area contributed by atoms with Gasteiger partial charge in [-0.15, -0.1) is 5.10 Å². The molecule has 9 heteroatoms. The summed E-state index contributed by atoms with van der Waals surface area (Å²) >= 11 is 0. The number of nitrogens with zero attached hydrogens (tertiary/aromatic N) is 5. The van der Waals surface area contributed by atoms with Crippen molar-refractivity contribution in [3.8, 4) is 0 Å². The van der Waals surface area contributed by atoms with E-state index >= 15 is 0 Å². The number of nitrogens with one attached hydrogen (secondary N) is 1. The molecule has 8 nitrogen and oxygen atoms in total. The summed E-state index contributed by atoms with van der Waals surface area (Å²) in [5.74, 6) is 0.649. The Balaban J connectivity index is 1.65. The summed E-state index contributed by atoms with van der Waals surface area (Å²) in [4.78, 5) is 19.6. The fourth-order valence-electron chi connectivity index (χ4n) is 4.04. The first-order valence-electron chi connectivity index (χ1n) is 8.82. The standard InChI is InChI=1S/C18H17FN6O2/c1-10-12(5-6-27-10)15-8-21-22-25(15)16-17-23(2)18(26)13-7-11(19)3-4-14(13)24(17)9-20-16/h3-4,7-10,12H,5-6H2,1-2H3/p+1. The highest BCUT2D eigenvalue weighted by Gasteiger charge is 2.43. The summed E-state index contributed by atoms with van der Waals surface area (Å²) in [6.07, 6.45) is 4.37. The van der Waals surface area contributed by atoms with Gasteiger partial charge in [-0.1, -0.05) is 5.21 Å². The summed E-state index contributed by atoms with van der Waals surface area (Å²) in [7, 11) is 1.66. The van der Waals surface area contributed by atoms with Crippen LogP contribution in [0.4, 0.5) is 10.1 Å². The Bertz CT molecular complexity index is 1010. The third kappa shape index (κ3) is 2.28. The topological polar surface area (TPSA) is 77.1 Å². The maximum Gasteiger partial charge on any atom is 0.268 e. The van der Waals surface area contributed by atoms with Gasteiger partial charge in [-0.3, -0.25) is 9.69 Å². The second-order valence-electron chi connectivity index (χ2n) is 6.94. The molecular formula is C18H18FN6O2+. The minimum atomic E-state index is -0.438. The molecule has 3 aliphatic rings. The first-order chi connectivity index (χ1) is 13.1. The summed E-state index contributed by atoms with van der Waals surface area (Å²) in [6, 6.07) is 4.24. The van der Waals surface area contributed by atoms with E-state index in [1.54, 1.807) is 30.3 Å². The van der Waals surface area contributed by atoms with Gasteiger partial charge in [0.2, 0.25) is 12.2 Å². The van der Waals surface area contributed by atoms with Crippen LogP contribution in [0.1, 0.15) is 35.3 Å². The Morgan fingerprint density at radius 1 is 1.37 bits per heavy atom. The predicted molar refractivity (Wildman–Crippen MR) is 93.6 cm³/mol. The van der Waals surface area contributed by atoms with Gasteiger partial charge < -0.3 is 4.74 Å². The molecule has 4 heterocycles. The van der Waals surface area contributed by atoms with Crippen molar-refractivity contribution in [3.63, 3.8) is 0 Å². The average molecular weight is 369 g/mol. The van der Waals surface area contributed by atoms with Crippen molar-refractivity contribution >= 4 is 23.8 Å². The van der Waals surface area contributed by atoms with Crippen molar-refractivity contribution < 1.29 is 18.8 Å². The third-order valence-electron chi connectivity index (χ3n) is 5.46. The molecule has 1 aromatic carbocycles. The molecule has 0 aliphatic carbocycles. The van der Waals surface area contributed by atoms with Crippen molar-refractivity contribution in [2.45, 2.75) is 25.4 Å². The molecular weight excluding hydrogens is 351 g/mol. The van der Waals surface area contributed by atoms with Gasteiger partial charge in [0.1, 0.15) is 11.4 Å². The molecule has 138 valence electrons. The Kier molecular flexibility index (Phi) is 3.49. The van der Waals surface area contributed by atoms with Crippen molar-refractivity contribution in [3.05, 3.63) is 47.3 Å². The van der Waals surface area contributed by atoms with Crippen LogP contribution in [0.2, 0.25) is 0 Å². The highest BCUT2D eigenvalue weighted by Crippen LogP contribution is 2.33. The quantitative estimate of drug-likeness (QED) is 0.847. The lowest BCUT2D eigenvalue weighted by Gasteiger charge is -2.28. The normalized spacial score (nSPS) is 26.7. The Hall–Kier alpha value is -2.91. The average Bonchev–Trinajstić information content (AvgIpc) is 3.37. The number of carbonyl (C=O) groups is 1. The molecule has 0 saturated carbocycles. The van der Waals surface area contributed by atoms with E-state index in [2.05, 4.69) is 15.3 Å².